The van der Waals surface area contributed by atoms with E-state index in [1.165, 1.54) is 13.2 Å². The van der Waals surface area contributed by atoms with Crippen LogP contribution in [0, 0.1) is 0 Å². The Morgan fingerprint density at radius 1 is 1.47 bits per heavy atom. The fraction of sp³-hybridized carbons (Fsp3) is 0.182. The van der Waals surface area contributed by atoms with Crippen molar-refractivity contribution in [3.63, 3.8) is 0 Å². The molecule has 0 aliphatic carbocycles. The summed E-state index contributed by atoms with van der Waals surface area (Å²) in [4.78, 5) is 10.9. The first-order chi connectivity index (χ1) is 7.17. The minimum atomic E-state index is -0.741. The average Bonchev–Trinajstić information content (AvgIpc) is 2.27. The molecule has 0 aliphatic rings. The zero-order chi connectivity index (χ0) is 11.3. The van der Waals surface area contributed by atoms with E-state index < -0.39 is 12.3 Å². The van der Waals surface area contributed by atoms with E-state index in [9.17, 15) is 4.79 Å². The third kappa shape index (κ3) is 3.29. The van der Waals surface area contributed by atoms with Gasteiger partial charge in [0.25, 0.3) is 0 Å². The summed E-state index contributed by atoms with van der Waals surface area (Å²) < 4.78 is 9.35. The Morgan fingerprint density at radius 3 is 2.53 bits per heavy atom. The quantitative estimate of drug-likeness (QED) is 0.586. The minimum Gasteiger partial charge on any atom is -0.438 e. The number of carbonyl (C=O) groups is 1. The largest absolute Gasteiger partial charge is 0.508 e. The van der Waals surface area contributed by atoms with Gasteiger partial charge in [-0.25, -0.2) is 4.79 Å². The van der Waals surface area contributed by atoms with E-state index in [0.717, 1.165) is 5.56 Å². The average molecular weight is 227 g/mol. The number of ether oxygens (including phenoxy) is 2. The highest BCUT2D eigenvalue weighted by Gasteiger charge is 2.12. The number of benzene rings is 1. The van der Waals surface area contributed by atoms with Crippen molar-refractivity contribution in [3.05, 3.63) is 47.5 Å². The number of halogens is 1. The summed E-state index contributed by atoms with van der Waals surface area (Å²) in [5.41, 5.74) is 0.791. The Labute approximate surface area is 93.3 Å². The predicted molar refractivity (Wildman–Crippen MR) is 57.9 cm³/mol. The number of hydrogen-bond donors (Lipinski definition) is 0. The maximum absolute atomic E-state index is 10.9. The van der Waals surface area contributed by atoms with Gasteiger partial charge in [0.1, 0.15) is 6.10 Å². The first-order valence-corrected chi connectivity index (χ1v) is 4.67. The van der Waals surface area contributed by atoms with Gasteiger partial charge >= 0.3 is 6.16 Å². The van der Waals surface area contributed by atoms with Crippen molar-refractivity contribution in [3.8, 4) is 0 Å². The Hall–Kier alpha value is -1.48. The van der Waals surface area contributed by atoms with Crippen molar-refractivity contribution in [1.82, 2.24) is 0 Å². The van der Waals surface area contributed by atoms with Gasteiger partial charge in [-0.1, -0.05) is 30.3 Å². The lowest BCUT2D eigenvalue weighted by atomic mass is 10.1. The lowest BCUT2D eigenvalue weighted by molar-refractivity contribution is 0.0523. The van der Waals surface area contributed by atoms with Crippen molar-refractivity contribution in [1.29, 1.82) is 0 Å². The lowest BCUT2D eigenvalue weighted by Gasteiger charge is -2.12. The van der Waals surface area contributed by atoms with E-state index in [1.54, 1.807) is 24.3 Å². The highest BCUT2D eigenvalue weighted by atomic mass is 35.5. The van der Waals surface area contributed by atoms with Gasteiger partial charge in [-0.15, -0.1) is 0 Å². The van der Waals surface area contributed by atoms with Gasteiger partial charge in [0, 0.05) is 5.02 Å². The Balaban J connectivity index is 2.78. The summed E-state index contributed by atoms with van der Waals surface area (Å²) in [6.07, 6.45) is 0.254. The van der Waals surface area contributed by atoms with Crippen LogP contribution in [-0.4, -0.2) is 13.3 Å². The maximum atomic E-state index is 10.9. The van der Waals surface area contributed by atoms with Crippen LogP contribution in [-0.2, 0) is 9.47 Å². The van der Waals surface area contributed by atoms with E-state index in [1.807, 2.05) is 0 Å². The SMILES string of the molecule is C=C[C@H](OC(=O)OC)c1ccc(Cl)cc1. The van der Waals surface area contributed by atoms with Crippen LogP contribution in [0.1, 0.15) is 11.7 Å². The molecule has 1 aromatic carbocycles. The lowest BCUT2D eigenvalue weighted by Crippen LogP contribution is -2.09. The zero-order valence-electron chi connectivity index (χ0n) is 8.27. The number of carbonyl (C=O) groups excluding carboxylic acids is 1. The molecule has 1 rings (SSSR count). The van der Waals surface area contributed by atoms with Crippen LogP contribution < -0.4 is 0 Å². The van der Waals surface area contributed by atoms with Crippen LogP contribution in [0.2, 0.25) is 5.02 Å². The molecule has 0 heterocycles. The van der Waals surface area contributed by atoms with Crippen molar-refractivity contribution < 1.29 is 14.3 Å². The molecule has 0 aromatic heterocycles. The highest BCUT2D eigenvalue weighted by Crippen LogP contribution is 2.21. The monoisotopic (exact) mass is 226 g/mol. The van der Waals surface area contributed by atoms with Gasteiger partial charge in [0.05, 0.1) is 7.11 Å². The maximum Gasteiger partial charge on any atom is 0.508 e. The van der Waals surface area contributed by atoms with Crippen LogP contribution in [0.25, 0.3) is 0 Å². The number of rotatable bonds is 3. The first-order valence-electron chi connectivity index (χ1n) is 4.30. The third-order valence-corrected chi connectivity index (χ3v) is 2.05. The van der Waals surface area contributed by atoms with E-state index in [0.29, 0.717) is 5.02 Å². The van der Waals surface area contributed by atoms with E-state index >= 15 is 0 Å². The van der Waals surface area contributed by atoms with Gasteiger partial charge in [0.2, 0.25) is 0 Å². The van der Waals surface area contributed by atoms with Crippen molar-refractivity contribution in [2.75, 3.05) is 7.11 Å². The van der Waals surface area contributed by atoms with Crippen molar-refractivity contribution >= 4 is 17.8 Å². The molecule has 0 aliphatic heterocycles. The molecule has 0 N–H and O–H groups in total. The summed E-state index contributed by atoms with van der Waals surface area (Å²) in [5.74, 6) is 0. The van der Waals surface area contributed by atoms with Crippen LogP contribution in [0.5, 0.6) is 0 Å². The fourth-order valence-corrected chi connectivity index (χ4v) is 1.18. The molecule has 0 amide bonds. The Morgan fingerprint density at radius 2 is 2.07 bits per heavy atom. The standard InChI is InChI=1S/C11H11ClO3/c1-3-10(15-11(13)14-2)8-4-6-9(12)7-5-8/h3-7,10H,1H2,2H3/t10-/m0/s1. The van der Waals surface area contributed by atoms with Gasteiger partial charge < -0.3 is 9.47 Å². The Kier molecular flexibility index (Phi) is 4.18. The number of hydrogen-bond acceptors (Lipinski definition) is 3. The molecule has 0 fully saturated rings. The highest BCUT2D eigenvalue weighted by molar-refractivity contribution is 6.30. The fourth-order valence-electron chi connectivity index (χ4n) is 1.06. The van der Waals surface area contributed by atoms with E-state index in [2.05, 4.69) is 11.3 Å². The second kappa shape index (κ2) is 5.41. The van der Waals surface area contributed by atoms with E-state index in [4.69, 9.17) is 16.3 Å². The molecule has 1 atom stereocenters. The van der Waals surface area contributed by atoms with E-state index in [-0.39, 0.29) is 0 Å². The molecule has 0 saturated heterocycles. The Bertz CT molecular complexity index is 345. The third-order valence-electron chi connectivity index (χ3n) is 1.80. The van der Waals surface area contributed by atoms with Gasteiger partial charge in [-0.3, -0.25) is 0 Å². The van der Waals surface area contributed by atoms with Gasteiger partial charge in [0.15, 0.2) is 0 Å². The summed E-state index contributed by atoms with van der Waals surface area (Å²) in [7, 11) is 1.25. The first kappa shape index (κ1) is 11.6. The second-order valence-electron chi connectivity index (χ2n) is 2.78. The predicted octanol–water partition coefficient (Wildman–Crippen LogP) is 3.35. The van der Waals surface area contributed by atoms with Crippen molar-refractivity contribution in [2.45, 2.75) is 6.10 Å². The summed E-state index contributed by atoms with van der Waals surface area (Å²) in [6, 6.07) is 6.96. The molecule has 1 aromatic rings. The second-order valence-corrected chi connectivity index (χ2v) is 3.22. The van der Waals surface area contributed by atoms with Crippen LogP contribution in [0.15, 0.2) is 36.9 Å². The van der Waals surface area contributed by atoms with Crippen LogP contribution >= 0.6 is 11.6 Å². The smallest absolute Gasteiger partial charge is 0.438 e. The topological polar surface area (TPSA) is 35.5 Å². The van der Waals surface area contributed by atoms with Gasteiger partial charge in [-0.05, 0) is 23.8 Å². The van der Waals surface area contributed by atoms with Crippen LogP contribution in [0.3, 0.4) is 0 Å². The van der Waals surface area contributed by atoms with Gasteiger partial charge in [-0.2, -0.15) is 0 Å². The summed E-state index contributed by atoms with van der Waals surface area (Å²) in [5, 5.41) is 0.625. The molecule has 15 heavy (non-hydrogen) atoms. The molecular formula is C11H11ClO3. The zero-order valence-corrected chi connectivity index (χ0v) is 9.03. The van der Waals surface area contributed by atoms with Crippen LogP contribution in [0.4, 0.5) is 4.79 Å². The molecule has 0 spiro atoms. The molecular weight excluding hydrogens is 216 g/mol. The molecule has 0 bridgehead atoms. The normalized spacial score (nSPS) is 11.6. The molecule has 80 valence electrons. The minimum absolute atomic E-state index is 0.519. The molecule has 0 radical (unpaired) electrons. The molecule has 0 unspecified atom stereocenters. The molecule has 3 nitrogen and oxygen atoms in total. The summed E-state index contributed by atoms with van der Waals surface area (Å²) >= 11 is 5.73. The molecule has 4 heteroatoms. The number of methoxy groups -OCH3 is 1. The molecule has 0 saturated carbocycles. The summed E-state index contributed by atoms with van der Waals surface area (Å²) in [6.45, 7) is 3.58. The van der Waals surface area contributed by atoms with Crippen molar-refractivity contribution in [2.24, 2.45) is 0 Å².